The molecule has 4 aliphatic rings. The number of nitrogens with zero attached hydrogens (tertiary/aromatic N) is 6. The molecule has 2 fully saturated rings. The van der Waals surface area contributed by atoms with E-state index in [0.29, 0.717) is 5.84 Å². The van der Waals surface area contributed by atoms with Crippen molar-refractivity contribution in [1.29, 1.82) is 0 Å². The lowest BCUT2D eigenvalue weighted by Crippen LogP contribution is -2.38. The van der Waals surface area contributed by atoms with Crippen molar-refractivity contribution in [3.8, 4) is 0 Å². The van der Waals surface area contributed by atoms with Crippen LogP contribution in [-0.4, -0.2) is 72.6 Å². The molecule has 1 aromatic heterocycles. The molecule has 3 aliphatic heterocycles. The van der Waals surface area contributed by atoms with Crippen LogP contribution < -0.4 is 4.60 Å². The summed E-state index contributed by atoms with van der Waals surface area (Å²) in [4.78, 5) is 30.0. The van der Waals surface area contributed by atoms with Gasteiger partial charge in [-0.3, -0.25) is 14.7 Å². The van der Waals surface area contributed by atoms with Crippen molar-refractivity contribution in [3.05, 3.63) is 42.5 Å². The van der Waals surface area contributed by atoms with Crippen LogP contribution in [0.5, 0.6) is 0 Å². The van der Waals surface area contributed by atoms with Gasteiger partial charge in [0, 0.05) is 13.1 Å². The number of nitrogens with one attached hydrogen (secondary N) is 1. The molecule has 14 heteroatoms. The van der Waals surface area contributed by atoms with Crippen LogP contribution in [0.15, 0.2) is 15.3 Å². The Morgan fingerprint density at radius 3 is 2.52 bits per heavy atom. The van der Waals surface area contributed by atoms with E-state index in [9.17, 15) is 25.4 Å². The summed E-state index contributed by atoms with van der Waals surface area (Å²) in [5.74, 6) is 0.662. The molecule has 1 N–H and O–H groups in total. The highest BCUT2D eigenvalue weighted by Crippen LogP contribution is 2.41. The first kappa shape index (κ1) is 19.8. The minimum Gasteiger partial charge on any atom is -0.612 e. The van der Waals surface area contributed by atoms with E-state index < -0.39 is 27.2 Å². The molecule has 1 unspecified atom stereocenters. The number of rotatable bonds is 2. The quantitative estimate of drug-likeness (QED) is 0.294. The SMILES string of the molecule is O=[N+]([O-])C1=C(C2SC(=[N+]3CCCC3)N=C2N2CCCC2)c2c([nH]o[n+]2=O)C(=[N+]([O-])[O-])C1. The zero-order valence-electron chi connectivity index (χ0n) is 16.5. The van der Waals surface area contributed by atoms with Gasteiger partial charge in [-0.2, -0.15) is 4.90 Å². The number of nitro groups is 1. The van der Waals surface area contributed by atoms with E-state index in [1.807, 2.05) is 0 Å². The van der Waals surface area contributed by atoms with Gasteiger partial charge in [0.15, 0.2) is 4.60 Å². The molecule has 13 nitrogen and oxygen atoms in total. The third kappa shape index (κ3) is 3.21. The first-order valence-electron chi connectivity index (χ1n) is 10.1. The highest BCUT2D eigenvalue weighted by atomic mass is 32.2. The maximum absolute atomic E-state index is 12.5. The van der Waals surface area contributed by atoms with Crippen LogP contribution in [0.1, 0.15) is 43.5 Å². The van der Waals surface area contributed by atoms with E-state index >= 15 is 0 Å². The number of H-pyrrole nitrogens is 1. The lowest BCUT2D eigenvalue weighted by atomic mass is 9.92. The van der Waals surface area contributed by atoms with E-state index in [-0.39, 0.29) is 27.3 Å². The van der Waals surface area contributed by atoms with Gasteiger partial charge in [0.05, 0.1) is 18.0 Å². The lowest BCUT2D eigenvalue weighted by molar-refractivity contribution is -0.715. The molecule has 4 heterocycles. The van der Waals surface area contributed by atoms with Gasteiger partial charge in [-0.1, -0.05) is 9.79 Å². The summed E-state index contributed by atoms with van der Waals surface area (Å²) in [6.07, 6.45) is 3.56. The summed E-state index contributed by atoms with van der Waals surface area (Å²) >= 11 is 1.36. The Morgan fingerprint density at radius 2 is 1.87 bits per heavy atom. The van der Waals surface area contributed by atoms with Crippen molar-refractivity contribution < 1.29 is 23.6 Å². The van der Waals surface area contributed by atoms with Crippen molar-refractivity contribution in [3.63, 3.8) is 0 Å². The van der Waals surface area contributed by atoms with Crippen molar-refractivity contribution >= 4 is 34.0 Å². The van der Waals surface area contributed by atoms with E-state index in [2.05, 4.69) is 14.6 Å². The zero-order valence-corrected chi connectivity index (χ0v) is 17.3. The molecular weight excluding hydrogens is 430 g/mol. The molecule has 1 aromatic rings. The Labute approximate surface area is 179 Å². The molecule has 0 saturated carbocycles. The molecule has 5 rings (SSSR count). The molecule has 31 heavy (non-hydrogen) atoms. The van der Waals surface area contributed by atoms with Crippen LogP contribution in [0.2, 0.25) is 0 Å². The van der Waals surface area contributed by atoms with Gasteiger partial charge < -0.3 is 15.3 Å². The normalized spacial score (nSPS) is 23.6. The van der Waals surface area contributed by atoms with Crippen LogP contribution in [-0.2, 0) is 0 Å². The fraction of sp³-hybridized carbons (Fsp3) is 0.588. The second-order valence-electron chi connectivity index (χ2n) is 7.81. The average Bonchev–Trinajstić information content (AvgIpc) is 3.52. The molecule has 0 spiro atoms. The van der Waals surface area contributed by atoms with Gasteiger partial charge in [0.1, 0.15) is 17.2 Å². The summed E-state index contributed by atoms with van der Waals surface area (Å²) < 4.78 is 7.02. The fourth-order valence-corrected chi connectivity index (χ4v) is 5.90. The second-order valence-corrected chi connectivity index (χ2v) is 8.88. The zero-order chi connectivity index (χ0) is 21.7. The van der Waals surface area contributed by atoms with Gasteiger partial charge in [-0.05, 0) is 47.3 Å². The molecule has 1 atom stereocenters. The summed E-state index contributed by atoms with van der Waals surface area (Å²) in [6, 6.07) is 0. The largest absolute Gasteiger partial charge is 0.612 e. The number of aliphatic imine (C=N–C) groups is 1. The van der Waals surface area contributed by atoms with Gasteiger partial charge in [0.25, 0.3) is 22.8 Å². The van der Waals surface area contributed by atoms with Crippen LogP contribution in [0.25, 0.3) is 5.57 Å². The van der Waals surface area contributed by atoms with Crippen molar-refractivity contribution in [2.75, 3.05) is 26.2 Å². The molecular formula is C17H20N7O6S+. The Kier molecular flexibility index (Phi) is 4.79. The van der Waals surface area contributed by atoms with E-state index in [1.54, 1.807) is 0 Å². The van der Waals surface area contributed by atoms with Crippen molar-refractivity contribution in [2.24, 2.45) is 4.99 Å². The number of aromatic nitrogens is 2. The number of hydrogen-bond donors (Lipinski definition) is 1. The predicted molar refractivity (Wildman–Crippen MR) is 110 cm³/mol. The van der Waals surface area contributed by atoms with E-state index in [4.69, 9.17) is 9.62 Å². The lowest BCUT2D eigenvalue weighted by Gasteiger charge is -2.20. The van der Waals surface area contributed by atoms with Crippen LogP contribution in [0.3, 0.4) is 0 Å². The van der Waals surface area contributed by atoms with Crippen LogP contribution >= 0.6 is 11.8 Å². The van der Waals surface area contributed by atoms with Crippen molar-refractivity contribution in [2.45, 2.75) is 37.4 Å². The Hall–Kier alpha value is -3.16. The molecule has 2 saturated heterocycles. The number of allylic oxidation sites excluding steroid dienone is 1. The summed E-state index contributed by atoms with van der Waals surface area (Å²) in [5, 5.41) is 37.5. The number of amidine groups is 2. The van der Waals surface area contributed by atoms with Crippen molar-refractivity contribution in [1.82, 2.24) is 10.1 Å². The molecule has 164 valence electrons. The minimum atomic E-state index is -0.718. The first-order chi connectivity index (χ1) is 15.0. The van der Waals surface area contributed by atoms with Gasteiger partial charge >= 0.3 is 5.17 Å². The number of likely N-dealkylation sites (tertiary alicyclic amines) is 1. The number of hydrogen-bond acceptors (Lipinski definition) is 8. The molecule has 0 bridgehead atoms. The molecule has 0 radical (unpaired) electrons. The molecule has 1 aliphatic carbocycles. The van der Waals surface area contributed by atoms with Gasteiger partial charge in [0.2, 0.25) is 5.84 Å². The van der Waals surface area contributed by atoms with Crippen LogP contribution in [0, 0.1) is 25.4 Å². The number of thioether (sulfide) groups is 1. The molecule has 0 amide bonds. The average molecular weight is 450 g/mol. The molecule has 0 aromatic carbocycles. The smallest absolute Gasteiger partial charge is 0.357 e. The summed E-state index contributed by atoms with van der Waals surface area (Å²) in [5.41, 5.74) is -1.05. The Bertz CT molecular complexity index is 1130. The van der Waals surface area contributed by atoms with E-state index in [1.165, 1.54) is 11.8 Å². The number of aromatic amines is 1. The number of fused-ring (bicyclic) bond motifs is 1. The third-order valence-electron chi connectivity index (χ3n) is 6.02. The maximum atomic E-state index is 12.5. The van der Waals surface area contributed by atoms with E-state index in [0.717, 1.165) is 57.0 Å². The topological polar surface area (TPSA) is 163 Å². The Morgan fingerprint density at radius 1 is 1.16 bits per heavy atom. The van der Waals surface area contributed by atoms with Gasteiger partial charge in [-0.25, -0.2) is 0 Å². The van der Waals surface area contributed by atoms with Crippen LogP contribution in [0.4, 0.5) is 0 Å². The monoisotopic (exact) mass is 450 g/mol. The first-order valence-corrected chi connectivity index (χ1v) is 11.0. The standard InChI is InChI=1S/C17H20N7O6S/c25-22(26)10-9-11(23(27)28)13-14(24(29)30-19-13)12(10)15-16(20-5-1-2-6-20)18-17(31-15)21-7-3-4-8-21/h15,19H,1-9H2/q+1. The van der Waals surface area contributed by atoms with Gasteiger partial charge in [-0.15, -0.1) is 0 Å². The predicted octanol–water partition coefficient (Wildman–Crippen LogP) is 0.483. The maximum Gasteiger partial charge on any atom is 0.357 e. The summed E-state index contributed by atoms with van der Waals surface area (Å²) in [6.45, 7) is 3.27. The highest BCUT2D eigenvalue weighted by molar-refractivity contribution is 8.15. The third-order valence-corrected chi connectivity index (χ3v) is 7.26. The summed E-state index contributed by atoms with van der Waals surface area (Å²) in [7, 11) is 0. The Balaban J connectivity index is 1.70. The fourth-order valence-electron chi connectivity index (χ4n) is 4.54. The minimum absolute atomic E-state index is 0.0901. The second kappa shape index (κ2) is 7.51. The highest BCUT2D eigenvalue weighted by Gasteiger charge is 2.53.